The van der Waals surface area contributed by atoms with E-state index in [1.165, 1.54) is 10.8 Å². The first-order chi connectivity index (χ1) is 12.1. The Hall–Kier alpha value is -2.01. The molecule has 0 fully saturated rings. The second kappa shape index (κ2) is 8.13. The Balaban J connectivity index is 2.71. The van der Waals surface area contributed by atoms with Crippen LogP contribution in [0.2, 0.25) is 39.3 Å². The lowest BCUT2D eigenvalue weighted by Crippen LogP contribution is -2.25. The minimum Gasteiger partial charge on any atom is -0.539 e. The minimum absolute atomic E-state index is 0.841. The molecule has 0 aliphatic rings. The largest absolute Gasteiger partial charge is 0.539 e. The number of rotatable bonds is 6. The Morgan fingerprint density at radius 2 is 1.35 bits per heavy atom. The summed E-state index contributed by atoms with van der Waals surface area (Å²) in [7, 11) is -1.72. The fourth-order valence-electron chi connectivity index (χ4n) is 2.62. The maximum absolute atomic E-state index is 6.45. The molecule has 0 aromatic heterocycles. The van der Waals surface area contributed by atoms with Crippen LogP contribution in [0, 0.1) is 0 Å². The predicted octanol–water partition coefficient (Wildman–Crippen LogP) is 6.45. The Morgan fingerprint density at radius 3 is 1.81 bits per heavy atom. The topological polar surface area (TPSA) is 18.5 Å². The van der Waals surface area contributed by atoms with Crippen LogP contribution in [0.15, 0.2) is 60.3 Å². The van der Waals surface area contributed by atoms with Gasteiger partial charge in [-0.05, 0) is 54.7 Å². The normalized spacial score (nSPS) is 11.5. The fraction of sp³-hybridized carbons (Fsp3) is 0.318. The molecular weight excluding hydrogens is 352 g/mol. The van der Waals surface area contributed by atoms with Crippen LogP contribution >= 0.6 is 0 Å². The molecular formula is C22H30O2Si2. The average Bonchev–Trinajstić information content (AvgIpc) is 2.57. The Morgan fingerprint density at radius 1 is 0.769 bits per heavy atom. The summed E-state index contributed by atoms with van der Waals surface area (Å²) in [5, 5.41) is 1.28. The van der Waals surface area contributed by atoms with E-state index in [-0.39, 0.29) is 0 Å². The molecule has 0 aliphatic heterocycles. The lowest BCUT2D eigenvalue weighted by atomic mass is 10.1. The second-order valence-electron chi connectivity index (χ2n) is 8.39. The molecule has 0 bridgehead atoms. The Kier molecular flexibility index (Phi) is 6.35. The molecule has 26 heavy (non-hydrogen) atoms. The van der Waals surface area contributed by atoms with Crippen molar-refractivity contribution in [2.24, 2.45) is 0 Å². The molecule has 0 amide bonds. The summed E-state index contributed by atoms with van der Waals surface area (Å²) in [5.41, 5.74) is 5.96. The van der Waals surface area contributed by atoms with E-state index in [2.05, 4.69) is 75.3 Å². The summed E-state index contributed by atoms with van der Waals surface area (Å²) in [4.78, 5) is 0. The van der Waals surface area contributed by atoms with Gasteiger partial charge in [-0.1, -0.05) is 55.7 Å². The van der Waals surface area contributed by atoms with E-state index in [1.807, 2.05) is 24.3 Å². The van der Waals surface area contributed by atoms with Gasteiger partial charge in [-0.25, -0.2) is 0 Å². The van der Waals surface area contributed by atoms with Crippen molar-refractivity contribution in [1.82, 2.24) is 0 Å². The monoisotopic (exact) mass is 382 g/mol. The van der Waals surface area contributed by atoms with Gasteiger partial charge in [0.2, 0.25) is 8.32 Å². The first kappa shape index (κ1) is 20.3. The van der Waals surface area contributed by atoms with Crippen LogP contribution in [0.4, 0.5) is 0 Å². The van der Waals surface area contributed by atoms with Crippen LogP contribution in [-0.4, -0.2) is 23.5 Å². The van der Waals surface area contributed by atoms with Crippen LogP contribution < -0.4 is 4.74 Å². The zero-order chi connectivity index (χ0) is 19.4. The lowest BCUT2D eigenvalue weighted by molar-refractivity contribution is 0.414. The minimum atomic E-state index is -1.78. The van der Waals surface area contributed by atoms with E-state index >= 15 is 0 Å². The molecule has 2 rings (SSSR count). The highest BCUT2D eigenvalue weighted by Crippen LogP contribution is 2.29. The van der Waals surface area contributed by atoms with Gasteiger partial charge in [0.15, 0.2) is 5.76 Å². The van der Waals surface area contributed by atoms with Crippen molar-refractivity contribution in [2.45, 2.75) is 39.3 Å². The van der Waals surface area contributed by atoms with Crippen molar-refractivity contribution in [3.8, 4) is 5.75 Å². The van der Waals surface area contributed by atoms with Gasteiger partial charge in [0.05, 0.1) is 15.2 Å². The van der Waals surface area contributed by atoms with Gasteiger partial charge in [-0.2, -0.15) is 0 Å². The summed E-state index contributed by atoms with van der Waals surface area (Å²) in [5.74, 6) is 1.69. The van der Waals surface area contributed by atoms with Crippen LogP contribution in [0.1, 0.15) is 11.1 Å². The molecule has 0 unspecified atom stereocenters. The van der Waals surface area contributed by atoms with E-state index in [1.54, 1.807) is 7.11 Å². The van der Waals surface area contributed by atoms with Crippen molar-refractivity contribution >= 4 is 27.3 Å². The molecule has 2 nitrogen and oxygen atoms in total. The molecule has 0 radical (unpaired) electrons. The smallest absolute Gasteiger partial charge is 0.243 e. The van der Waals surface area contributed by atoms with Crippen LogP contribution in [0.3, 0.4) is 0 Å². The van der Waals surface area contributed by atoms with Gasteiger partial charge in [-0.15, -0.1) is 0 Å². The zero-order valence-electron chi connectivity index (χ0n) is 17.0. The van der Waals surface area contributed by atoms with Gasteiger partial charge in [0.25, 0.3) is 0 Å². The molecule has 138 valence electrons. The first-order valence-corrected chi connectivity index (χ1v) is 15.9. The van der Waals surface area contributed by atoms with Crippen molar-refractivity contribution in [3.63, 3.8) is 0 Å². The summed E-state index contributed by atoms with van der Waals surface area (Å²) >= 11 is 0. The third-order valence-electron chi connectivity index (χ3n) is 3.81. The summed E-state index contributed by atoms with van der Waals surface area (Å²) in [6.45, 7) is 13.7. The van der Waals surface area contributed by atoms with E-state index in [4.69, 9.17) is 9.16 Å². The SMILES string of the molecule is COc1ccc(C(=C=C(c2ccccc2)[Si](C)(C)C)O[Si](C)(C)C)cc1. The quantitative estimate of drug-likeness (QED) is 0.325. The zero-order valence-corrected chi connectivity index (χ0v) is 19.0. The van der Waals surface area contributed by atoms with E-state index in [9.17, 15) is 0 Å². The van der Waals surface area contributed by atoms with Gasteiger partial charge >= 0.3 is 0 Å². The molecule has 0 atom stereocenters. The molecule has 2 aromatic rings. The second-order valence-corrected chi connectivity index (χ2v) is 17.8. The number of hydrogen-bond donors (Lipinski definition) is 0. The van der Waals surface area contributed by atoms with E-state index < -0.39 is 16.4 Å². The molecule has 0 heterocycles. The maximum atomic E-state index is 6.45. The highest BCUT2D eigenvalue weighted by molar-refractivity contribution is 6.93. The fourth-order valence-corrected chi connectivity index (χ4v) is 4.92. The Labute approximate surface area is 160 Å². The van der Waals surface area contributed by atoms with Crippen molar-refractivity contribution in [1.29, 1.82) is 0 Å². The van der Waals surface area contributed by atoms with Crippen molar-refractivity contribution in [2.75, 3.05) is 7.11 Å². The van der Waals surface area contributed by atoms with Gasteiger partial charge in [0.1, 0.15) is 5.75 Å². The third-order valence-corrected chi connectivity index (χ3v) is 6.54. The van der Waals surface area contributed by atoms with Crippen molar-refractivity contribution in [3.05, 3.63) is 71.5 Å². The summed E-state index contributed by atoms with van der Waals surface area (Å²) in [6.07, 6.45) is 0. The van der Waals surface area contributed by atoms with Gasteiger partial charge in [0, 0.05) is 5.56 Å². The third kappa shape index (κ3) is 5.77. The molecule has 0 aliphatic carbocycles. The van der Waals surface area contributed by atoms with Crippen LogP contribution in [0.25, 0.3) is 11.0 Å². The molecule has 0 saturated carbocycles. The number of ether oxygens (including phenoxy) is 1. The summed E-state index contributed by atoms with van der Waals surface area (Å²) < 4.78 is 11.7. The number of methoxy groups -OCH3 is 1. The maximum Gasteiger partial charge on any atom is 0.243 e. The Bertz CT molecular complexity index is 789. The van der Waals surface area contributed by atoms with Crippen molar-refractivity contribution < 1.29 is 9.16 Å². The van der Waals surface area contributed by atoms with Crippen LogP contribution in [0.5, 0.6) is 5.75 Å². The number of benzene rings is 2. The standard InChI is InChI=1S/C22H30O2Si2/c1-23-20-15-13-18(14-16-20)21(24-26(5,6)7)17-22(25(2,3)4)19-11-9-8-10-12-19/h8-16H,1-7H3. The predicted molar refractivity (Wildman–Crippen MR) is 118 cm³/mol. The first-order valence-electron chi connectivity index (χ1n) is 9.00. The highest BCUT2D eigenvalue weighted by Gasteiger charge is 2.23. The number of hydrogen-bond acceptors (Lipinski definition) is 2. The van der Waals surface area contributed by atoms with E-state index in [0.717, 1.165) is 17.1 Å². The van der Waals surface area contributed by atoms with Crippen LogP contribution in [-0.2, 0) is 4.43 Å². The molecule has 4 heteroatoms. The average molecular weight is 383 g/mol. The van der Waals surface area contributed by atoms with Gasteiger partial charge in [-0.3, -0.25) is 0 Å². The highest BCUT2D eigenvalue weighted by atomic mass is 28.4. The van der Waals surface area contributed by atoms with E-state index in [0.29, 0.717) is 0 Å². The molecule has 0 saturated heterocycles. The van der Waals surface area contributed by atoms with Gasteiger partial charge < -0.3 is 9.16 Å². The summed E-state index contributed by atoms with van der Waals surface area (Å²) in [6, 6.07) is 18.6. The molecule has 0 N–H and O–H groups in total. The molecule has 0 spiro atoms. The lowest BCUT2D eigenvalue weighted by Gasteiger charge is -2.23. The molecule has 2 aromatic carbocycles.